The molecule has 18 heavy (non-hydrogen) atoms. The Kier molecular flexibility index (Phi) is 9.00. The second kappa shape index (κ2) is 9.70. The number of hydrogen-bond acceptors (Lipinski definition) is 4. The van der Waals surface area contributed by atoms with Crippen LogP contribution < -0.4 is 10.8 Å². The van der Waals surface area contributed by atoms with Crippen LogP contribution in [0, 0.1) is 5.92 Å². The Morgan fingerprint density at radius 1 is 1.28 bits per heavy atom. The van der Waals surface area contributed by atoms with E-state index < -0.39 is 12.1 Å². The molecular formula is C12H24N2O4. The largest absolute Gasteiger partial charge is 0.450 e. The Balaban J connectivity index is 4.21. The average Bonchev–Trinajstić information content (AvgIpc) is 2.28. The van der Waals surface area contributed by atoms with Crippen LogP contribution in [0.4, 0.5) is 4.79 Å². The summed E-state index contributed by atoms with van der Waals surface area (Å²) in [4.78, 5) is 27.7. The van der Waals surface area contributed by atoms with Crippen molar-refractivity contribution in [3.8, 4) is 0 Å². The summed E-state index contributed by atoms with van der Waals surface area (Å²) in [5.41, 5.74) is 2.21. The molecule has 1 unspecified atom stereocenters. The zero-order valence-corrected chi connectivity index (χ0v) is 11.6. The average molecular weight is 260 g/mol. The van der Waals surface area contributed by atoms with Crippen LogP contribution in [0.15, 0.2) is 0 Å². The van der Waals surface area contributed by atoms with Gasteiger partial charge in [-0.25, -0.2) is 10.3 Å². The SMILES string of the molecule is CCCCOC(=O)NC(CC(C)C)C(=O)NOC. The number of carbonyl (C=O) groups is 2. The molecule has 6 heteroatoms. The lowest BCUT2D eigenvalue weighted by Crippen LogP contribution is -2.47. The second-order valence-electron chi connectivity index (χ2n) is 4.49. The minimum atomic E-state index is -0.640. The van der Waals surface area contributed by atoms with Crippen molar-refractivity contribution in [1.29, 1.82) is 0 Å². The fraction of sp³-hybridized carbons (Fsp3) is 0.833. The van der Waals surface area contributed by atoms with E-state index in [1.165, 1.54) is 7.11 Å². The van der Waals surface area contributed by atoms with Gasteiger partial charge in [0.2, 0.25) is 0 Å². The van der Waals surface area contributed by atoms with E-state index in [0.717, 1.165) is 12.8 Å². The van der Waals surface area contributed by atoms with Gasteiger partial charge in [0.15, 0.2) is 0 Å². The summed E-state index contributed by atoms with van der Waals surface area (Å²) in [5, 5.41) is 2.54. The predicted molar refractivity (Wildman–Crippen MR) is 67.8 cm³/mol. The molecule has 0 aromatic carbocycles. The minimum Gasteiger partial charge on any atom is -0.450 e. The van der Waals surface area contributed by atoms with Gasteiger partial charge in [0, 0.05) is 0 Å². The Bertz CT molecular complexity index is 256. The van der Waals surface area contributed by atoms with Crippen LogP contribution in [-0.4, -0.2) is 31.8 Å². The molecule has 0 saturated heterocycles. The topological polar surface area (TPSA) is 76.7 Å². The third-order valence-electron chi connectivity index (χ3n) is 2.25. The number of rotatable bonds is 8. The van der Waals surface area contributed by atoms with Crippen molar-refractivity contribution in [3.05, 3.63) is 0 Å². The molecule has 0 aliphatic rings. The van der Waals surface area contributed by atoms with Gasteiger partial charge in [-0.2, -0.15) is 0 Å². The number of hydrogen-bond donors (Lipinski definition) is 2. The Morgan fingerprint density at radius 3 is 2.44 bits per heavy atom. The normalized spacial score (nSPS) is 12.1. The molecule has 0 radical (unpaired) electrons. The number of nitrogens with one attached hydrogen (secondary N) is 2. The molecule has 2 N–H and O–H groups in total. The molecule has 0 fully saturated rings. The lowest BCUT2D eigenvalue weighted by atomic mass is 10.0. The maximum atomic E-state index is 11.6. The van der Waals surface area contributed by atoms with E-state index in [2.05, 4.69) is 15.6 Å². The minimum absolute atomic E-state index is 0.272. The number of carbonyl (C=O) groups excluding carboxylic acids is 2. The third kappa shape index (κ3) is 7.89. The lowest BCUT2D eigenvalue weighted by molar-refractivity contribution is -0.133. The number of amides is 2. The van der Waals surface area contributed by atoms with Gasteiger partial charge >= 0.3 is 6.09 Å². The van der Waals surface area contributed by atoms with E-state index in [0.29, 0.717) is 13.0 Å². The molecule has 0 rings (SSSR count). The van der Waals surface area contributed by atoms with Crippen LogP contribution in [0.3, 0.4) is 0 Å². The first-order valence-corrected chi connectivity index (χ1v) is 6.27. The van der Waals surface area contributed by atoms with E-state index in [4.69, 9.17) is 4.74 Å². The molecule has 0 aliphatic heterocycles. The highest BCUT2D eigenvalue weighted by molar-refractivity contribution is 5.84. The van der Waals surface area contributed by atoms with Gasteiger partial charge < -0.3 is 10.1 Å². The number of alkyl carbamates (subject to hydrolysis) is 1. The van der Waals surface area contributed by atoms with Crippen molar-refractivity contribution >= 4 is 12.0 Å². The molecule has 2 amide bonds. The Hall–Kier alpha value is -1.30. The summed E-state index contributed by atoms with van der Waals surface area (Å²) in [6, 6.07) is -0.640. The molecule has 0 aromatic rings. The van der Waals surface area contributed by atoms with Crippen LogP contribution in [0.2, 0.25) is 0 Å². The molecule has 0 saturated carbocycles. The molecule has 1 atom stereocenters. The Morgan fingerprint density at radius 2 is 1.94 bits per heavy atom. The number of hydroxylamine groups is 1. The first-order chi connectivity index (χ1) is 8.51. The smallest absolute Gasteiger partial charge is 0.407 e. The Labute approximate surface area is 108 Å². The van der Waals surface area contributed by atoms with Gasteiger partial charge in [-0.3, -0.25) is 9.63 Å². The van der Waals surface area contributed by atoms with Crippen molar-refractivity contribution in [2.45, 2.75) is 46.1 Å². The predicted octanol–water partition coefficient (Wildman–Crippen LogP) is 1.60. The van der Waals surface area contributed by atoms with E-state index in [1.807, 2.05) is 20.8 Å². The molecule has 0 spiro atoms. The van der Waals surface area contributed by atoms with Crippen LogP contribution in [0.25, 0.3) is 0 Å². The van der Waals surface area contributed by atoms with Gasteiger partial charge in [0.1, 0.15) is 6.04 Å². The molecule has 0 aliphatic carbocycles. The van der Waals surface area contributed by atoms with Crippen molar-refractivity contribution in [3.63, 3.8) is 0 Å². The van der Waals surface area contributed by atoms with Crippen molar-refractivity contribution < 1.29 is 19.2 Å². The van der Waals surface area contributed by atoms with E-state index in [1.54, 1.807) is 0 Å². The summed E-state index contributed by atoms with van der Waals surface area (Å²) < 4.78 is 4.95. The maximum absolute atomic E-state index is 11.6. The van der Waals surface area contributed by atoms with Crippen molar-refractivity contribution in [1.82, 2.24) is 10.8 Å². The molecule has 0 bridgehead atoms. The van der Waals surface area contributed by atoms with Crippen molar-refractivity contribution in [2.24, 2.45) is 5.92 Å². The summed E-state index contributed by atoms with van der Waals surface area (Å²) in [5.74, 6) is -0.104. The fourth-order valence-electron chi connectivity index (χ4n) is 1.37. The van der Waals surface area contributed by atoms with Crippen LogP contribution >= 0.6 is 0 Å². The van der Waals surface area contributed by atoms with Gasteiger partial charge in [-0.1, -0.05) is 27.2 Å². The van der Waals surface area contributed by atoms with Crippen molar-refractivity contribution in [2.75, 3.05) is 13.7 Å². The molecule has 0 aromatic heterocycles. The number of ether oxygens (including phenoxy) is 1. The first kappa shape index (κ1) is 16.7. The summed E-state index contributed by atoms with van der Waals surface area (Å²) in [6.07, 6.45) is 1.72. The van der Waals surface area contributed by atoms with Crippen LogP contribution in [0.5, 0.6) is 0 Å². The third-order valence-corrected chi connectivity index (χ3v) is 2.25. The summed E-state index contributed by atoms with van der Waals surface area (Å²) in [7, 11) is 1.35. The molecule has 6 nitrogen and oxygen atoms in total. The highest BCUT2D eigenvalue weighted by Gasteiger charge is 2.22. The van der Waals surface area contributed by atoms with E-state index in [9.17, 15) is 9.59 Å². The highest BCUT2D eigenvalue weighted by Crippen LogP contribution is 2.05. The monoisotopic (exact) mass is 260 g/mol. The van der Waals surface area contributed by atoms with Gasteiger partial charge in [0.05, 0.1) is 13.7 Å². The van der Waals surface area contributed by atoms with Crippen LogP contribution in [0.1, 0.15) is 40.0 Å². The molecule has 0 heterocycles. The van der Waals surface area contributed by atoms with Gasteiger partial charge in [0.25, 0.3) is 5.91 Å². The van der Waals surface area contributed by atoms with Gasteiger partial charge in [-0.05, 0) is 18.8 Å². The lowest BCUT2D eigenvalue weighted by Gasteiger charge is -2.19. The summed E-state index contributed by atoms with van der Waals surface area (Å²) in [6.45, 7) is 6.31. The fourth-order valence-corrected chi connectivity index (χ4v) is 1.37. The standard InChI is InChI=1S/C12H24N2O4/c1-5-6-7-18-12(16)13-10(8-9(2)3)11(15)14-17-4/h9-10H,5-8H2,1-4H3,(H,13,16)(H,14,15). The zero-order valence-electron chi connectivity index (χ0n) is 11.6. The maximum Gasteiger partial charge on any atom is 0.407 e. The second-order valence-corrected chi connectivity index (χ2v) is 4.49. The van der Waals surface area contributed by atoms with Crippen LogP contribution in [-0.2, 0) is 14.4 Å². The first-order valence-electron chi connectivity index (χ1n) is 6.27. The zero-order chi connectivity index (χ0) is 14.0. The molecule has 106 valence electrons. The summed E-state index contributed by atoms with van der Waals surface area (Å²) >= 11 is 0. The van der Waals surface area contributed by atoms with E-state index in [-0.39, 0.29) is 11.8 Å². The van der Waals surface area contributed by atoms with Gasteiger partial charge in [-0.15, -0.1) is 0 Å². The van der Waals surface area contributed by atoms with E-state index >= 15 is 0 Å². The quantitative estimate of drug-likeness (QED) is 0.513. The number of unbranched alkanes of at least 4 members (excludes halogenated alkanes) is 1. The molecular weight excluding hydrogens is 236 g/mol. The highest BCUT2D eigenvalue weighted by atomic mass is 16.6.